The molecule has 0 atom stereocenters. The summed E-state index contributed by atoms with van der Waals surface area (Å²) in [7, 11) is 0. The number of hydrogen-bond acceptors (Lipinski definition) is 4. The molecule has 5 heteroatoms. The van der Waals surface area contributed by atoms with Crippen molar-refractivity contribution >= 4 is 0 Å². The lowest BCUT2D eigenvalue weighted by atomic mass is 10.3. The Hall–Kier alpha value is -1.72. The van der Waals surface area contributed by atoms with E-state index in [-0.39, 0.29) is 6.29 Å². The normalized spacial score (nSPS) is 16.3. The van der Waals surface area contributed by atoms with Crippen LogP contribution in [0.25, 0.3) is 5.82 Å². The van der Waals surface area contributed by atoms with Gasteiger partial charge in [0, 0.05) is 18.0 Å². The summed E-state index contributed by atoms with van der Waals surface area (Å²) in [4.78, 5) is 4.39. The second kappa shape index (κ2) is 4.51. The average Bonchev–Trinajstić information content (AvgIpc) is 3.01. The summed E-state index contributed by atoms with van der Waals surface area (Å²) in [6, 6.07) is 3.89. The number of aryl methyl sites for hydroxylation is 2. The first-order valence-electron chi connectivity index (χ1n) is 5.96. The molecular weight excluding hydrogens is 230 g/mol. The molecule has 0 N–H and O–H groups in total. The molecule has 1 fully saturated rings. The van der Waals surface area contributed by atoms with Gasteiger partial charge in [0.2, 0.25) is 0 Å². The second-order valence-electron chi connectivity index (χ2n) is 4.37. The fourth-order valence-corrected chi connectivity index (χ4v) is 1.89. The van der Waals surface area contributed by atoms with E-state index in [1.165, 1.54) is 0 Å². The van der Waals surface area contributed by atoms with Gasteiger partial charge < -0.3 is 9.47 Å². The Labute approximate surface area is 105 Å². The first kappa shape index (κ1) is 11.4. The molecule has 18 heavy (non-hydrogen) atoms. The van der Waals surface area contributed by atoms with Crippen LogP contribution in [0.3, 0.4) is 0 Å². The summed E-state index contributed by atoms with van der Waals surface area (Å²) < 4.78 is 12.6. The van der Waals surface area contributed by atoms with Gasteiger partial charge in [0.05, 0.1) is 18.9 Å². The van der Waals surface area contributed by atoms with Gasteiger partial charge in [-0.1, -0.05) is 0 Å². The van der Waals surface area contributed by atoms with Crippen molar-refractivity contribution in [2.45, 2.75) is 20.1 Å². The van der Waals surface area contributed by atoms with Crippen LogP contribution in [0, 0.1) is 13.8 Å². The predicted molar refractivity (Wildman–Crippen MR) is 65.5 cm³/mol. The maximum atomic E-state index is 5.42. The summed E-state index contributed by atoms with van der Waals surface area (Å²) in [5, 5.41) is 4.40. The van der Waals surface area contributed by atoms with Crippen LogP contribution in [-0.4, -0.2) is 28.0 Å². The van der Waals surface area contributed by atoms with E-state index in [2.05, 4.69) is 10.1 Å². The highest BCUT2D eigenvalue weighted by molar-refractivity contribution is 5.27. The molecule has 0 aromatic carbocycles. The topological polar surface area (TPSA) is 49.2 Å². The molecule has 0 aliphatic carbocycles. The number of nitrogens with zero attached hydrogens (tertiary/aromatic N) is 3. The van der Waals surface area contributed by atoms with E-state index in [4.69, 9.17) is 9.47 Å². The van der Waals surface area contributed by atoms with Crippen molar-refractivity contribution in [2.24, 2.45) is 0 Å². The third kappa shape index (κ3) is 2.02. The lowest BCUT2D eigenvalue weighted by Gasteiger charge is -2.09. The molecule has 3 rings (SSSR count). The molecule has 0 unspecified atom stereocenters. The molecule has 94 valence electrons. The van der Waals surface area contributed by atoms with Crippen LogP contribution in [-0.2, 0) is 9.47 Å². The Kier molecular flexibility index (Phi) is 2.85. The standard InChI is InChI=1S/C13H15N3O2/c1-9-8-16(15-10(9)2)12-4-3-11(7-14-12)13-17-5-6-18-13/h3-4,7-8,13H,5-6H2,1-2H3. The van der Waals surface area contributed by atoms with Crippen LogP contribution in [0.1, 0.15) is 23.1 Å². The fraction of sp³-hybridized carbons (Fsp3) is 0.385. The molecule has 5 nitrogen and oxygen atoms in total. The van der Waals surface area contributed by atoms with E-state index in [0.29, 0.717) is 13.2 Å². The van der Waals surface area contributed by atoms with Gasteiger partial charge in [-0.05, 0) is 31.5 Å². The van der Waals surface area contributed by atoms with Crippen LogP contribution in [0.2, 0.25) is 0 Å². The van der Waals surface area contributed by atoms with E-state index in [0.717, 1.165) is 22.6 Å². The van der Waals surface area contributed by atoms with Crippen LogP contribution in [0.15, 0.2) is 24.5 Å². The maximum Gasteiger partial charge on any atom is 0.185 e. The maximum absolute atomic E-state index is 5.42. The first-order valence-corrected chi connectivity index (χ1v) is 5.96. The van der Waals surface area contributed by atoms with Gasteiger partial charge in [0.15, 0.2) is 12.1 Å². The lowest BCUT2D eigenvalue weighted by molar-refractivity contribution is -0.0443. The largest absolute Gasteiger partial charge is 0.346 e. The quantitative estimate of drug-likeness (QED) is 0.811. The predicted octanol–water partition coefficient (Wildman–Crippen LogP) is 1.93. The first-order chi connectivity index (χ1) is 8.74. The van der Waals surface area contributed by atoms with Crippen molar-refractivity contribution in [3.05, 3.63) is 41.3 Å². The lowest BCUT2D eigenvalue weighted by Crippen LogP contribution is -2.02. The minimum atomic E-state index is -0.271. The number of hydrogen-bond donors (Lipinski definition) is 0. The molecule has 1 saturated heterocycles. The molecule has 1 aliphatic rings. The van der Waals surface area contributed by atoms with E-state index in [1.807, 2.05) is 32.2 Å². The SMILES string of the molecule is Cc1cn(-c2ccc(C3OCCO3)cn2)nc1C. The van der Waals surface area contributed by atoms with Crippen LogP contribution < -0.4 is 0 Å². The molecule has 0 radical (unpaired) electrons. The molecule has 0 bridgehead atoms. The van der Waals surface area contributed by atoms with Crippen molar-refractivity contribution in [1.29, 1.82) is 0 Å². The summed E-state index contributed by atoms with van der Waals surface area (Å²) in [6.07, 6.45) is 3.48. The van der Waals surface area contributed by atoms with Gasteiger partial charge in [-0.15, -0.1) is 0 Å². The third-order valence-corrected chi connectivity index (χ3v) is 3.04. The summed E-state index contributed by atoms with van der Waals surface area (Å²) in [6.45, 7) is 5.31. The van der Waals surface area contributed by atoms with Gasteiger partial charge in [0.1, 0.15) is 0 Å². The molecule has 0 amide bonds. The minimum absolute atomic E-state index is 0.271. The van der Waals surface area contributed by atoms with Gasteiger partial charge in [0.25, 0.3) is 0 Å². The number of ether oxygens (including phenoxy) is 2. The molecule has 2 aromatic rings. The van der Waals surface area contributed by atoms with E-state index < -0.39 is 0 Å². The fourth-order valence-electron chi connectivity index (χ4n) is 1.89. The average molecular weight is 245 g/mol. The Morgan fingerprint density at radius 2 is 2.00 bits per heavy atom. The molecule has 1 aliphatic heterocycles. The van der Waals surface area contributed by atoms with Gasteiger partial charge in [-0.25, -0.2) is 9.67 Å². The van der Waals surface area contributed by atoms with Crippen LogP contribution in [0.4, 0.5) is 0 Å². The zero-order valence-corrected chi connectivity index (χ0v) is 10.5. The Bertz CT molecular complexity index is 522. The highest BCUT2D eigenvalue weighted by atomic mass is 16.7. The van der Waals surface area contributed by atoms with Crippen molar-refractivity contribution in [3.63, 3.8) is 0 Å². The molecule has 3 heterocycles. The van der Waals surface area contributed by atoms with Crippen molar-refractivity contribution in [3.8, 4) is 5.82 Å². The van der Waals surface area contributed by atoms with E-state index >= 15 is 0 Å². The molecular formula is C13H15N3O2. The smallest absolute Gasteiger partial charge is 0.185 e. The van der Waals surface area contributed by atoms with E-state index in [1.54, 1.807) is 10.9 Å². The summed E-state index contributed by atoms with van der Waals surface area (Å²) in [5.41, 5.74) is 3.11. The molecule has 2 aromatic heterocycles. The van der Waals surface area contributed by atoms with Crippen LogP contribution >= 0.6 is 0 Å². The molecule has 0 saturated carbocycles. The number of aromatic nitrogens is 3. The third-order valence-electron chi connectivity index (χ3n) is 3.04. The van der Waals surface area contributed by atoms with Gasteiger partial charge in [-0.2, -0.15) is 5.10 Å². The number of pyridine rings is 1. The Morgan fingerprint density at radius 1 is 1.22 bits per heavy atom. The van der Waals surface area contributed by atoms with Crippen LogP contribution in [0.5, 0.6) is 0 Å². The Balaban J connectivity index is 1.86. The van der Waals surface area contributed by atoms with E-state index in [9.17, 15) is 0 Å². The summed E-state index contributed by atoms with van der Waals surface area (Å²) >= 11 is 0. The highest BCUT2D eigenvalue weighted by Crippen LogP contribution is 2.22. The Morgan fingerprint density at radius 3 is 2.56 bits per heavy atom. The van der Waals surface area contributed by atoms with Crippen molar-refractivity contribution in [2.75, 3.05) is 13.2 Å². The van der Waals surface area contributed by atoms with Crippen molar-refractivity contribution < 1.29 is 9.47 Å². The zero-order valence-electron chi connectivity index (χ0n) is 10.5. The number of rotatable bonds is 2. The van der Waals surface area contributed by atoms with Crippen molar-refractivity contribution in [1.82, 2.24) is 14.8 Å². The summed E-state index contributed by atoms with van der Waals surface area (Å²) in [5.74, 6) is 0.799. The van der Waals surface area contributed by atoms with Gasteiger partial charge >= 0.3 is 0 Å². The molecule has 0 spiro atoms. The monoisotopic (exact) mass is 245 g/mol. The highest BCUT2D eigenvalue weighted by Gasteiger charge is 2.18. The zero-order chi connectivity index (χ0) is 12.5. The minimum Gasteiger partial charge on any atom is -0.346 e. The van der Waals surface area contributed by atoms with Gasteiger partial charge in [-0.3, -0.25) is 0 Å². The second-order valence-corrected chi connectivity index (χ2v) is 4.37.